The van der Waals surface area contributed by atoms with Crippen molar-refractivity contribution in [3.8, 4) is 5.75 Å². The maximum Gasteiger partial charge on any atom is 0.191 e. The van der Waals surface area contributed by atoms with Crippen LogP contribution in [0.4, 0.5) is 8.78 Å². The van der Waals surface area contributed by atoms with Crippen molar-refractivity contribution in [2.24, 2.45) is 5.73 Å². The van der Waals surface area contributed by atoms with Gasteiger partial charge in [0.05, 0.1) is 11.6 Å². The lowest BCUT2D eigenvalue weighted by atomic mass is 9.72. The van der Waals surface area contributed by atoms with Crippen LogP contribution < -0.4 is 10.5 Å². The van der Waals surface area contributed by atoms with E-state index in [1.54, 1.807) is 0 Å². The van der Waals surface area contributed by atoms with Crippen LogP contribution in [0.15, 0.2) is 10.5 Å². The second-order valence-electron chi connectivity index (χ2n) is 4.08. The summed E-state index contributed by atoms with van der Waals surface area (Å²) >= 11 is 3.04. The monoisotopic (exact) mass is 291 g/mol. The number of hydrogen-bond acceptors (Lipinski definition) is 2. The largest absolute Gasteiger partial charge is 0.491 e. The first-order chi connectivity index (χ1) is 7.49. The van der Waals surface area contributed by atoms with Gasteiger partial charge < -0.3 is 10.5 Å². The topological polar surface area (TPSA) is 35.2 Å². The fraction of sp³-hybridized carbons (Fsp3) is 0.455. The highest BCUT2D eigenvalue weighted by Gasteiger charge is 2.38. The van der Waals surface area contributed by atoms with Crippen molar-refractivity contribution in [3.05, 3.63) is 27.7 Å². The molecule has 1 aromatic rings. The van der Waals surface area contributed by atoms with Gasteiger partial charge >= 0.3 is 0 Å². The van der Waals surface area contributed by atoms with E-state index < -0.39 is 17.2 Å². The number of ether oxygens (including phenoxy) is 1. The molecule has 0 saturated heterocycles. The van der Waals surface area contributed by atoms with Crippen LogP contribution in [0.2, 0.25) is 0 Å². The summed E-state index contributed by atoms with van der Waals surface area (Å²) in [5.41, 5.74) is 5.68. The molecule has 1 aliphatic carbocycles. The third kappa shape index (κ3) is 1.62. The van der Waals surface area contributed by atoms with Crippen LogP contribution in [-0.4, -0.2) is 7.11 Å². The van der Waals surface area contributed by atoms with Gasteiger partial charge in [-0.1, -0.05) is 0 Å². The molecular weight excluding hydrogens is 280 g/mol. The predicted molar refractivity (Wildman–Crippen MR) is 60.3 cm³/mol. The maximum absolute atomic E-state index is 14.0. The van der Waals surface area contributed by atoms with Gasteiger partial charge in [0.1, 0.15) is 0 Å². The number of methoxy groups -OCH3 is 1. The Kier molecular flexibility index (Phi) is 2.92. The summed E-state index contributed by atoms with van der Waals surface area (Å²) in [4.78, 5) is 0. The average molecular weight is 292 g/mol. The number of rotatable bonds is 2. The molecular formula is C11H12BrF2NO. The Morgan fingerprint density at radius 3 is 2.44 bits per heavy atom. The summed E-state index contributed by atoms with van der Waals surface area (Å²) in [5.74, 6) is -1.79. The quantitative estimate of drug-likeness (QED) is 0.850. The molecule has 0 amide bonds. The van der Waals surface area contributed by atoms with Crippen LogP contribution in [0.5, 0.6) is 5.75 Å². The molecule has 2 nitrogen and oxygen atoms in total. The zero-order valence-electron chi connectivity index (χ0n) is 8.82. The molecule has 1 aromatic carbocycles. The van der Waals surface area contributed by atoms with E-state index in [9.17, 15) is 8.78 Å². The maximum atomic E-state index is 14.0. The molecule has 1 aliphatic rings. The van der Waals surface area contributed by atoms with E-state index in [0.717, 1.165) is 6.42 Å². The second kappa shape index (κ2) is 3.96. The highest BCUT2D eigenvalue weighted by Crippen LogP contribution is 2.43. The molecule has 0 aromatic heterocycles. The molecule has 16 heavy (non-hydrogen) atoms. The fourth-order valence-corrected chi connectivity index (χ4v) is 2.36. The number of halogens is 3. The highest BCUT2D eigenvalue weighted by molar-refractivity contribution is 9.10. The van der Waals surface area contributed by atoms with Crippen LogP contribution in [0.25, 0.3) is 0 Å². The van der Waals surface area contributed by atoms with Gasteiger partial charge in [0, 0.05) is 11.1 Å². The van der Waals surface area contributed by atoms with Gasteiger partial charge in [-0.15, -0.1) is 0 Å². The molecule has 0 spiro atoms. The van der Waals surface area contributed by atoms with Gasteiger partial charge in [-0.3, -0.25) is 0 Å². The SMILES string of the molecule is COc1c(F)c(Br)cc(C2(N)CCC2)c1F. The summed E-state index contributed by atoms with van der Waals surface area (Å²) in [6.45, 7) is 0. The smallest absolute Gasteiger partial charge is 0.191 e. The molecule has 1 saturated carbocycles. The number of benzene rings is 1. The number of nitrogens with two attached hydrogens (primary N) is 1. The molecule has 5 heteroatoms. The molecule has 0 heterocycles. The lowest BCUT2D eigenvalue weighted by Gasteiger charge is -2.39. The third-order valence-electron chi connectivity index (χ3n) is 3.10. The standard InChI is InChI=1S/C11H12BrF2NO/c1-16-10-8(13)6(5-7(12)9(10)14)11(15)3-2-4-11/h5H,2-4,15H2,1H3. The van der Waals surface area contributed by atoms with Crippen LogP contribution in [0.1, 0.15) is 24.8 Å². The van der Waals surface area contributed by atoms with Gasteiger partial charge in [-0.2, -0.15) is 0 Å². The Bertz CT molecular complexity index is 432. The van der Waals surface area contributed by atoms with Gasteiger partial charge in [-0.25, -0.2) is 8.78 Å². The lowest BCUT2D eigenvalue weighted by molar-refractivity contribution is 0.240. The Balaban J connectivity index is 2.58. The lowest BCUT2D eigenvalue weighted by Crippen LogP contribution is -2.44. The van der Waals surface area contributed by atoms with Gasteiger partial charge in [0.15, 0.2) is 17.4 Å². The first-order valence-electron chi connectivity index (χ1n) is 5.00. The van der Waals surface area contributed by atoms with Crippen LogP contribution in [0.3, 0.4) is 0 Å². The first kappa shape index (κ1) is 11.8. The molecule has 0 aliphatic heterocycles. The van der Waals surface area contributed by atoms with E-state index in [1.165, 1.54) is 13.2 Å². The summed E-state index contributed by atoms with van der Waals surface area (Å²) in [6, 6.07) is 1.41. The van der Waals surface area contributed by atoms with Crippen molar-refractivity contribution in [2.75, 3.05) is 7.11 Å². The third-order valence-corrected chi connectivity index (χ3v) is 3.68. The minimum Gasteiger partial charge on any atom is -0.491 e. The van der Waals surface area contributed by atoms with E-state index >= 15 is 0 Å². The van der Waals surface area contributed by atoms with Crippen molar-refractivity contribution in [2.45, 2.75) is 24.8 Å². The molecule has 1 fully saturated rings. The normalized spacial score (nSPS) is 18.1. The minimum absolute atomic E-state index is 0.178. The Morgan fingerprint density at radius 2 is 2.00 bits per heavy atom. The van der Waals surface area contributed by atoms with Crippen LogP contribution >= 0.6 is 15.9 Å². The van der Waals surface area contributed by atoms with Crippen molar-refractivity contribution < 1.29 is 13.5 Å². The van der Waals surface area contributed by atoms with E-state index in [2.05, 4.69) is 15.9 Å². The van der Waals surface area contributed by atoms with E-state index in [4.69, 9.17) is 10.5 Å². The summed E-state index contributed by atoms with van der Waals surface area (Å²) in [5, 5.41) is 0. The minimum atomic E-state index is -0.730. The zero-order chi connectivity index (χ0) is 11.9. The Labute approximate surface area is 101 Å². The molecule has 0 radical (unpaired) electrons. The van der Waals surface area contributed by atoms with E-state index in [-0.39, 0.29) is 10.2 Å². The van der Waals surface area contributed by atoms with Gasteiger partial charge in [0.2, 0.25) is 0 Å². The molecule has 2 N–H and O–H groups in total. The van der Waals surface area contributed by atoms with Crippen molar-refractivity contribution in [1.82, 2.24) is 0 Å². The van der Waals surface area contributed by atoms with E-state index in [0.29, 0.717) is 18.4 Å². The van der Waals surface area contributed by atoms with Crippen molar-refractivity contribution in [1.29, 1.82) is 0 Å². The van der Waals surface area contributed by atoms with Crippen LogP contribution in [0, 0.1) is 11.6 Å². The van der Waals surface area contributed by atoms with Crippen LogP contribution in [-0.2, 0) is 5.54 Å². The van der Waals surface area contributed by atoms with E-state index in [1.807, 2.05) is 0 Å². The fourth-order valence-electron chi connectivity index (χ4n) is 1.95. The molecule has 0 unspecified atom stereocenters. The van der Waals surface area contributed by atoms with Crippen molar-refractivity contribution >= 4 is 15.9 Å². The van der Waals surface area contributed by atoms with Crippen molar-refractivity contribution in [3.63, 3.8) is 0 Å². The average Bonchev–Trinajstić information content (AvgIpc) is 2.21. The zero-order valence-corrected chi connectivity index (χ0v) is 10.4. The highest BCUT2D eigenvalue weighted by atomic mass is 79.9. The molecule has 2 rings (SSSR count). The Morgan fingerprint density at radius 1 is 1.38 bits per heavy atom. The molecule has 0 atom stereocenters. The molecule has 88 valence electrons. The Hall–Kier alpha value is -0.680. The van der Waals surface area contributed by atoms with Gasteiger partial charge in [-0.05, 0) is 41.3 Å². The second-order valence-corrected chi connectivity index (χ2v) is 4.93. The summed E-state index contributed by atoms with van der Waals surface area (Å²) in [6.07, 6.45) is 2.39. The summed E-state index contributed by atoms with van der Waals surface area (Å²) in [7, 11) is 1.24. The first-order valence-corrected chi connectivity index (χ1v) is 5.80. The predicted octanol–water partition coefficient (Wildman–Crippen LogP) is 3.07. The molecule has 0 bridgehead atoms. The summed E-state index contributed by atoms with van der Waals surface area (Å²) < 4.78 is 32.4. The van der Waals surface area contributed by atoms with Gasteiger partial charge in [0.25, 0.3) is 0 Å². The number of hydrogen-bond donors (Lipinski definition) is 1.